The minimum Gasteiger partial charge on any atom is -0.493 e. The summed E-state index contributed by atoms with van der Waals surface area (Å²) < 4.78 is 16.2. The Labute approximate surface area is 149 Å². The second-order valence-corrected chi connectivity index (χ2v) is 5.52. The second kappa shape index (κ2) is 6.72. The Kier molecular flexibility index (Phi) is 4.10. The molecule has 0 amide bonds. The number of H-pyrrole nitrogens is 1. The lowest BCUT2D eigenvalue weighted by Crippen LogP contribution is -1.93. The fourth-order valence-corrected chi connectivity index (χ4v) is 2.75. The van der Waals surface area contributed by atoms with Gasteiger partial charge in [0.25, 0.3) is 5.89 Å². The van der Waals surface area contributed by atoms with E-state index in [9.17, 15) is 0 Å². The van der Waals surface area contributed by atoms with Crippen molar-refractivity contribution in [3.05, 3.63) is 54.7 Å². The Bertz CT molecular complexity index is 1020. The van der Waals surface area contributed by atoms with Gasteiger partial charge in [0.15, 0.2) is 11.5 Å². The molecule has 7 heteroatoms. The van der Waals surface area contributed by atoms with Gasteiger partial charge in [0, 0.05) is 17.3 Å². The van der Waals surface area contributed by atoms with Crippen LogP contribution in [0.25, 0.3) is 34.1 Å². The van der Waals surface area contributed by atoms with E-state index in [1.54, 1.807) is 20.4 Å². The maximum Gasteiger partial charge on any atom is 0.262 e. The van der Waals surface area contributed by atoms with Crippen LogP contribution in [0.5, 0.6) is 11.5 Å². The molecule has 0 aliphatic heterocycles. The van der Waals surface area contributed by atoms with Crippen LogP contribution in [0.4, 0.5) is 0 Å². The quantitative estimate of drug-likeness (QED) is 0.590. The normalized spacial score (nSPS) is 10.7. The summed E-state index contributed by atoms with van der Waals surface area (Å²) >= 11 is 0. The van der Waals surface area contributed by atoms with Crippen LogP contribution in [0.2, 0.25) is 0 Å². The molecule has 0 aliphatic carbocycles. The van der Waals surface area contributed by atoms with Gasteiger partial charge in [0.05, 0.1) is 25.5 Å². The molecule has 130 valence electrons. The molecule has 0 spiro atoms. The number of nitrogens with one attached hydrogen (secondary N) is 1. The van der Waals surface area contributed by atoms with Crippen LogP contribution in [0, 0.1) is 0 Å². The summed E-state index contributed by atoms with van der Waals surface area (Å²) in [6.07, 6.45) is 1.71. The predicted molar refractivity (Wildman–Crippen MR) is 95.9 cm³/mol. The van der Waals surface area contributed by atoms with Crippen molar-refractivity contribution in [1.29, 1.82) is 0 Å². The number of para-hydroxylation sites is 1. The van der Waals surface area contributed by atoms with Gasteiger partial charge in [-0.25, -0.2) is 0 Å². The lowest BCUT2D eigenvalue weighted by molar-refractivity contribution is 0.353. The van der Waals surface area contributed by atoms with Crippen molar-refractivity contribution in [2.75, 3.05) is 14.2 Å². The first-order valence-electron chi connectivity index (χ1n) is 7.95. The first kappa shape index (κ1) is 15.9. The van der Waals surface area contributed by atoms with E-state index in [4.69, 9.17) is 14.0 Å². The number of hydrogen-bond acceptors (Lipinski definition) is 6. The largest absolute Gasteiger partial charge is 0.493 e. The Morgan fingerprint density at radius 2 is 1.81 bits per heavy atom. The fourth-order valence-electron chi connectivity index (χ4n) is 2.75. The highest BCUT2D eigenvalue weighted by Crippen LogP contribution is 2.37. The van der Waals surface area contributed by atoms with E-state index in [1.807, 2.05) is 48.5 Å². The molecular weight excluding hydrogens is 332 g/mol. The Morgan fingerprint density at radius 3 is 2.58 bits per heavy atom. The standard InChI is InChI=1S/C19H16N4O3/c1-24-16-8-4-7-14(17(16)25-2)19-21-18(23-26-19)13-6-3-5-12(11-13)15-9-10-20-22-15/h3-11H,1-2H3,(H,20,22). The molecule has 0 fully saturated rings. The van der Waals surface area contributed by atoms with Gasteiger partial charge >= 0.3 is 0 Å². The van der Waals surface area contributed by atoms with E-state index in [0.29, 0.717) is 28.8 Å². The molecule has 2 aromatic heterocycles. The first-order valence-corrected chi connectivity index (χ1v) is 7.95. The van der Waals surface area contributed by atoms with E-state index in [2.05, 4.69) is 20.3 Å². The van der Waals surface area contributed by atoms with Crippen LogP contribution in [-0.2, 0) is 0 Å². The van der Waals surface area contributed by atoms with Crippen molar-refractivity contribution in [2.45, 2.75) is 0 Å². The summed E-state index contributed by atoms with van der Waals surface area (Å²) in [7, 11) is 3.16. The van der Waals surface area contributed by atoms with Gasteiger partial charge in [-0.15, -0.1) is 0 Å². The zero-order chi connectivity index (χ0) is 17.9. The van der Waals surface area contributed by atoms with E-state index >= 15 is 0 Å². The second-order valence-electron chi connectivity index (χ2n) is 5.52. The van der Waals surface area contributed by atoms with Crippen molar-refractivity contribution >= 4 is 0 Å². The zero-order valence-corrected chi connectivity index (χ0v) is 14.3. The third kappa shape index (κ3) is 2.79. The van der Waals surface area contributed by atoms with Gasteiger partial charge < -0.3 is 14.0 Å². The van der Waals surface area contributed by atoms with Gasteiger partial charge in [0.2, 0.25) is 5.82 Å². The minimum absolute atomic E-state index is 0.364. The van der Waals surface area contributed by atoms with Gasteiger partial charge in [-0.1, -0.05) is 29.4 Å². The number of aromatic amines is 1. The summed E-state index contributed by atoms with van der Waals surface area (Å²) in [5.41, 5.74) is 3.43. The summed E-state index contributed by atoms with van der Waals surface area (Å²) in [6.45, 7) is 0. The van der Waals surface area contributed by atoms with Crippen molar-refractivity contribution in [2.24, 2.45) is 0 Å². The number of rotatable bonds is 5. The fraction of sp³-hybridized carbons (Fsp3) is 0.105. The maximum absolute atomic E-state index is 5.46. The average Bonchev–Trinajstić information content (AvgIpc) is 3.39. The van der Waals surface area contributed by atoms with Crippen LogP contribution in [0.1, 0.15) is 0 Å². The summed E-state index contributed by atoms with van der Waals surface area (Å²) in [4.78, 5) is 4.52. The molecular formula is C19H16N4O3. The Morgan fingerprint density at radius 1 is 0.962 bits per heavy atom. The molecule has 2 aromatic carbocycles. The van der Waals surface area contributed by atoms with Crippen molar-refractivity contribution in [1.82, 2.24) is 20.3 Å². The van der Waals surface area contributed by atoms with E-state index in [1.165, 1.54) is 0 Å². The van der Waals surface area contributed by atoms with E-state index in [0.717, 1.165) is 16.8 Å². The number of ether oxygens (including phenoxy) is 2. The van der Waals surface area contributed by atoms with Crippen molar-refractivity contribution in [3.63, 3.8) is 0 Å². The van der Waals surface area contributed by atoms with Crippen LogP contribution >= 0.6 is 0 Å². The van der Waals surface area contributed by atoms with Crippen LogP contribution < -0.4 is 9.47 Å². The molecule has 0 saturated carbocycles. The molecule has 0 bridgehead atoms. The average molecular weight is 348 g/mol. The third-order valence-corrected chi connectivity index (χ3v) is 3.99. The van der Waals surface area contributed by atoms with Gasteiger partial charge in [-0.3, -0.25) is 5.10 Å². The lowest BCUT2D eigenvalue weighted by Gasteiger charge is -2.09. The number of aromatic nitrogens is 4. The van der Waals surface area contributed by atoms with E-state index in [-0.39, 0.29) is 0 Å². The summed E-state index contributed by atoms with van der Waals surface area (Å²) in [5.74, 6) is 2.01. The highest BCUT2D eigenvalue weighted by molar-refractivity contribution is 5.71. The monoisotopic (exact) mass is 348 g/mol. The van der Waals surface area contributed by atoms with Gasteiger partial charge in [0.1, 0.15) is 0 Å². The van der Waals surface area contributed by atoms with Crippen LogP contribution in [-0.4, -0.2) is 34.6 Å². The molecule has 0 radical (unpaired) electrons. The number of benzene rings is 2. The molecule has 1 N–H and O–H groups in total. The minimum atomic E-state index is 0.364. The zero-order valence-electron chi connectivity index (χ0n) is 14.3. The number of nitrogens with zero attached hydrogens (tertiary/aromatic N) is 3. The number of hydrogen-bond donors (Lipinski definition) is 1. The maximum atomic E-state index is 5.46. The highest BCUT2D eigenvalue weighted by atomic mass is 16.5. The highest BCUT2D eigenvalue weighted by Gasteiger charge is 2.18. The van der Waals surface area contributed by atoms with E-state index < -0.39 is 0 Å². The molecule has 0 aliphatic rings. The Hall–Kier alpha value is -3.61. The number of methoxy groups -OCH3 is 2. The molecule has 0 saturated heterocycles. The lowest BCUT2D eigenvalue weighted by atomic mass is 10.1. The molecule has 4 aromatic rings. The van der Waals surface area contributed by atoms with Crippen molar-refractivity contribution in [3.8, 4) is 45.6 Å². The summed E-state index contributed by atoms with van der Waals surface area (Å²) in [5, 5.41) is 11.0. The first-order chi connectivity index (χ1) is 12.8. The summed E-state index contributed by atoms with van der Waals surface area (Å²) in [6, 6.07) is 15.2. The van der Waals surface area contributed by atoms with Crippen LogP contribution in [0.15, 0.2) is 59.3 Å². The smallest absolute Gasteiger partial charge is 0.262 e. The predicted octanol–water partition coefficient (Wildman–Crippen LogP) is 3.81. The van der Waals surface area contributed by atoms with Crippen LogP contribution in [0.3, 0.4) is 0 Å². The molecule has 2 heterocycles. The topological polar surface area (TPSA) is 86.1 Å². The Balaban J connectivity index is 1.73. The van der Waals surface area contributed by atoms with Gasteiger partial charge in [-0.05, 0) is 24.3 Å². The SMILES string of the molecule is COc1cccc(-c2nc(-c3cccc(-c4ccn[nH]4)c3)no2)c1OC. The third-order valence-electron chi connectivity index (χ3n) is 3.99. The van der Waals surface area contributed by atoms with Crippen molar-refractivity contribution < 1.29 is 14.0 Å². The van der Waals surface area contributed by atoms with Gasteiger partial charge in [-0.2, -0.15) is 10.1 Å². The molecule has 7 nitrogen and oxygen atoms in total. The molecule has 0 atom stereocenters. The molecule has 0 unspecified atom stereocenters. The molecule has 26 heavy (non-hydrogen) atoms. The molecule has 4 rings (SSSR count).